The van der Waals surface area contributed by atoms with Gasteiger partial charge in [-0.3, -0.25) is 10.1 Å². The lowest BCUT2D eigenvalue weighted by Crippen LogP contribution is -2.04. The molecule has 0 saturated carbocycles. The SMILES string of the molecule is CCCN/C=C/C=C/[N+](=O)[O-]. The third kappa shape index (κ3) is 8.68. The lowest BCUT2D eigenvalue weighted by molar-refractivity contribution is -0.402. The summed E-state index contributed by atoms with van der Waals surface area (Å²) in [6.07, 6.45) is 6.60. The van der Waals surface area contributed by atoms with E-state index in [4.69, 9.17) is 0 Å². The molecule has 0 rings (SSSR count). The Balaban J connectivity index is 3.36. The average molecular weight is 156 g/mol. The molecular weight excluding hydrogens is 144 g/mol. The second-order valence-electron chi connectivity index (χ2n) is 1.94. The monoisotopic (exact) mass is 156 g/mol. The molecule has 4 heteroatoms. The molecule has 0 amide bonds. The normalized spacial score (nSPS) is 11.0. The summed E-state index contributed by atoms with van der Waals surface area (Å²) in [6, 6.07) is 0. The molecule has 11 heavy (non-hydrogen) atoms. The van der Waals surface area contributed by atoms with Crippen molar-refractivity contribution in [3.8, 4) is 0 Å². The van der Waals surface area contributed by atoms with Crippen molar-refractivity contribution in [3.05, 3.63) is 34.7 Å². The van der Waals surface area contributed by atoms with Crippen molar-refractivity contribution < 1.29 is 4.92 Å². The fourth-order valence-electron chi connectivity index (χ4n) is 0.471. The summed E-state index contributed by atoms with van der Waals surface area (Å²) in [6.45, 7) is 2.94. The fourth-order valence-corrected chi connectivity index (χ4v) is 0.471. The van der Waals surface area contributed by atoms with Gasteiger partial charge in [0.15, 0.2) is 0 Å². The van der Waals surface area contributed by atoms with E-state index in [0.29, 0.717) is 0 Å². The predicted molar refractivity (Wildman–Crippen MR) is 43.6 cm³/mol. The molecule has 0 aliphatic heterocycles. The summed E-state index contributed by atoms with van der Waals surface area (Å²) in [7, 11) is 0. The summed E-state index contributed by atoms with van der Waals surface area (Å²) in [5.74, 6) is 0. The minimum absolute atomic E-state index is 0.496. The highest BCUT2D eigenvalue weighted by Crippen LogP contribution is 1.76. The molecule has 0 aromatic carbocycles. The molecule has 0 aliphatic rings. The van der Waals surface area contributed by atoms with Crippen molar-refractivity contribution in [2.75, 3.05) is 6.54 Å². The van der Waals surface area contributed by atoms with Crippen LogP contribution in [0.1, 0.15) is 13.3 Å². The van der Waals surface area contributed by atoms with Crippen molar-refractivity contribution in [2.45, 2.75) is 13.3 Å². The highest BCUT2D eigenvalue weighted by Gasteiger charge is 1.78. The van der Waals surface area contributed by atoms with Gasteiger partial charge in [0.05, 0.1) is 4.92 Å². The number of rotatable bonds is 5. The smallest absolute Gasteiger partial charge is 0.234 e. The van der Waals surface area contributed by atoms with Gasteiger partial charge in [0.1, 0.15) is 0 Å². The maximum atomic E-state index is 9.75. The molecule has 0 aromatic rings. The van der Waals surface area contributed by atoms with Crippen molar-refractivity contribution in [3.63, 3.8) is 0 Å². The van der Waals surface area contributed by atoms with Crippen LogP contribution in [0, 0.1) is 10.1 Å². The molecule has 0 heterocycles. The Kier molecular flexibility index (Phi) is 5.98. The largest absolute Gasteiger partial charge is 0.391 e. The summed E-state index contributed by atoms with van der Waals surface area (Å²) in [5, 5.41) is 12.7. The Labute approximate surface area is 65.8 Å². The van der Waals surface area contributed by atoms with Crippen molar-refractivity contribution >= 4 is 0 Å². The van der Waals surface area contributed by atoms with Gasteiger partial charge in [0.25, 0.3) is 0 Å². The quantitative estimate of drug-likeness (QED) is 0.282. The van der Waals surface area contributed by atoms with E-state index in [1.165, 1.54) is 6.08 Å². The van der Waals surface area contributed by atoms with Crippen molar-refractivity contribution in [1.82, 2.24) is 5.32 Å². The maximum absolute atomic E-state index is 9.75. The molecular formula is C7H12N2O2. The van der Waals surface area contributed by atoms with Gasteiger partial charge in [-0.1, -0.05) is 6.92 Å². The second kappa shape index (κ2) is 6.80. The van der Waals surface area contributed by atoms with Gasteiger partial charge in [0.2, 0.25) is 6.20 Å². The minimum atomic E-state index is -0.496. The van der Waals surface area contributed by atoms with Crippen LogP contribution in [-0.2, 0) is 0 Å². The van der Waals surface area contributed by atoms with Crippen LogP contribution in [0.15, 0.2) is 24.6 Å². The molecule has 4 nitrogen and oxygen atoms in total. The van der Waals surface area contributed by atoms with Crippen LogP contribution in [0.5, 0.6) is 0 Å². The summed E-state index contributed by atoms with van der Waals surface area (Å²) < 4.78 is 0. The maximum Gasteiger partial charge on any atom is 0.234 e. The molecule has 0 saturated heterocycles. The topological polar surface area (TPSA) is 55.2 Å². The Hall–Kier alpha value is -1.32. The number of nitro groups is 1. The molecule has 0 bridgehead atoms. The molecule has 0 fully saturated rings. The molecule has 0 radical (unpaired) electrons. The third-order valence-corrected chi connectivity index (χ3v) is 0.927. The highest BCUT2D eigenvalue weighted by atomic mass is 16.6. The first kappa shape index (κ1) is 9.68. The van der Waals surface area contributed by atoms with Crippen LogP contribution in [0.25, 0.3) is 0 Å². The molecule has 62 valence electrons. The zero-order valence-electron chi connectivity index (χ0n) is 6.49. The number of hydrogen-bond donors (Lipinski definition) is 1. The van der Waals surface area contributed by atoms with Crippen molar-refractivity contribution in [2.24, 2.45) is 0 Å². The first-order valence-corrected chi connectivity index (χ1v) is 3.47. The van der Waals surface area contributed by atoms with Gasteiger partial charge in [-0.05, 0) is 18.7 Å². The van der Waals surface area contributed by atoms with Gasteiger partial charge >= 0.3 is 0 Å². The van der Waals surface area contributed by atoms with Crippen LogP contribution in [0.2, 0.25) is 0 Å². The molecule has 0 aliphatic carbocycles. The van der Waals surface area contributed by atoms with Crippen LogP contribution in [-0.4, -0.2) is 11.5 Å². The number of nitrogens with one attached hydrogen (secondary N) is 1. The van der Waals surface area contributed by atoms with Gasteiger partial charge in [-0.15, -0.1) is 0 Å². The lowest BCUT2D eigenvalue weighted by Gasteiger charge is -1.91. The van der Waals surface area contributed by atoms with E-state index in [2.05, 4.69) is 5.32 Å². The van der Waals surface area contributed by atoms with E-state index in [-0.39, 0.29) is 0 Å². The number of allylic oxidation sites excluding steroid dienone is 2. The standard InChI is InChI=1S/C7H12N2O2/c1-2-5-8-6-3-4-7-9(10)11/h3-4,6-8H,2,5H2,1H3/b6-3+,7-4+. The zero-order valence-corrected chi connectivity index (χ0v) is 6.49. The fraction of sp³-hybridized carbons (Fsp3) is 0.429. The van der Waals surface area contributed by atoms with Crippen LogP contribution < -0.4 is 5.32 Å². The molecule has 0 unspecified atom stereocenters. The Morgan fingerprint density at radius 1 is 1.55 bits per heavy atom. The van der Waals surface area contributed by atoms with Crippen LogP contribution >= 0.6 is 0 Å². The summed E-state index contributed by atoms with van der Waals surface area (Å²) >= 11 is 0. The highest BCUT2D eigenvalue weighted by molar-refractivity contribution is 4.97. The van der Waals surface area contributed by atoms with E-state index in [9.17, 15) is 10.1 Å². The van der Waals surface area contributed by atoms with E-state index in [0.717, 1.165) is 19.2 Å². The first-order valence-electron chi connectivity index (χ1n) is 3.47. The third-order valence-electron chi connectivity index (χ3n) is 0.927. The van der Waals surface area contributed by atoms with Crippen LogP contribution in [0.3, 0.4) is 0 Å². The summed E-state index contributed by atoms with van der Waals surface area (Å²) in [4.78, 5) is 9.26. The number of hydrogen-bond acceptors (Lipinski definition) is 3. The predicted octanol–water partition coefficient (Wildman–Crippen LogP) is 1.29. The van der Waals surface area contributed by atoms with Gasteiger partial charge < -0.3 is 5.32 Å². The van der Waals surface area contributed by atoms with Gasteiger partial charge in [-0.25, -0.2) is 0 Å². The zero-order chi connectivity index (χ0) is 8.53. The van der Waals surface area contributed by atoms with Gasteiger partial charge in [0, 0.05) is 12.6 Å². The number of nitrogens with zero attached hydrogens (tertiary/aromatic N) is 1. The molecule has 0 spiro atoms. The molecule has 0 aromatic heterocycles. The Morgan fingerprint density at radius 3 is 2.82 bits per heavy atom. The molecule has 1 N–H and O–H groups in total. The Bertz CT molecular complexity index is 164. The molecule has 0 atom stereocenters. The van der Waals surface area contributed by atoms with E-state index < -0.39 is 4.92 Å². The van der Waals surface area contributed by atoms with Crippen LogP contribution in [0.4, 0.5) is 0 Å². The van der Waals surface area contributed by atoms with Gasteiger partial charge in [-0.2, -0.15) is 0 Å². The lowest BCUT2D eigenvalue weighted by atomic mass is 10.5. The van der Waals surface area contributed by atoms with E-state index >= 15 is 0 Å². The Morgan fingerprint density at radius 2 is 2.27 bits per heavy atom. The van der Waals surface area contributed by atoms with Crippen molar-refractivity contribution in [1.29, 1.82) is 0 Å². The second-order valence-corrected chi connectivity index (χ2v) is 1.94. The first-order chi connectivity index (χ1) is 5.27. The minimum Gasteiger partial charge on any atom is -0.391 e. The summed E-state index contributed by atoms with van der Waals surface area (Å²) in [5.41, 5.74) is 0. The van der Waals surface area contributed by atoms with E-state index in [1.54, 1.807) is 12.3 Å². The average Bonchev–Trinajstić information content (AvgIpc) is 1.96. The van der Waals surface area contributed by atoms with E-state index in [1.807, 2.05) is 6.92 Å².